The summed E-state index contributed by atoms with van der Waals surface area (Å²) in [5.74, 6) is 0. The van der Waals surface area contributed by atoms with Gasteiger partial charge in [-0.3, -0.25) is 0 Å². The van der Waals surface area contributed by atoms with Gasteiger partial charge in [0.1, 0.15) is 0 Å². The van der Waals surface area contributed by atoms with Crippen molar-refractivity contribution in [3.8, 4) is 0 Å². The Morgan fingerprint density at radius 3 is 1.00 bits per heavy atom. The van der Waals surface area contributed by atoms with Crippen LogP contribution >= 0.6 is 20.9 Å². The first kappa shape index (κ1) is 16.0. The second-order valence-electron chi connectivity index (χ2n) is 0.192. The van der Waals surface area contributed by atoms with Crippen molar-refractivity contribution in [1.29, 1.82) is 0 Å². The van der Waals surface area contributed by atoms with E-state index in [-0.39, 0.29) is 23.1 Å². The zero-order valence-electron chi connectivity index (χ0n) is 3.49. The fourth-order valence-electron chi connectivity index (χ4n) is 0. The molecule has 0 N–H and O–H groups in total. The summed E-state index contributed by atoms with van der Waals surface area (Å²) >= 11 is -2.71. The van der Waals surface area contributed by atoms with Gasteiger partial charge in [0, 0.05) is 0 Å². The average Bonchev–Trinajstić information content (AvgIpc) is 1.39. The van der Waals surface area contributed by atoms with Crippen molar-refractivity contribution in [2.45, 2.75) is 0 Å². The number of rotatable bonds is 0. The predicted molar refractivity (Wildman–Crippen MR) is 35.2 cm³/mol. The molecule has 0 aromatic rings. The molecule has 0 spiro atoms. The molecule has 0 saturated heterocycles. The van der Waals surface area contributed by atoms with Crippen LogP contribution in [0.25, 0.3) is 0 Å². The van der Waals surface area contributed by atoms with Crippen LogP contribution in [0.4, 0.5) is 0 Å². The molecule has 0 saturated carbocycles. The summed E-state index contributed by atoms with van der Waals surface area (Å²) in [4.78, 5) is 0. The van der Waals surface area contributed by atoms with Crippen LogP contribution in [0.1, 0.15) is 0 Å². The Labute approximate surface area is 79.4 Å². The Bertz CT molecular complexity index is 34.7. The number of hydrogen-bond donors (Lipinski definition) is 0. The van der Waals surface area contributed by atoms with E-state index in [1.54, 1.807) is 0 Å². The molecule has 7 heteroatoms. The van der Waals surface area contributed by atoms with Crippen molar-refractivity contribution in [3.63, 3.8) is 0 Å². The quantitative estimate of drug-likeness (QED) is 0.446. The molecule has 0 bridgehead atoms. The van der Waals surface area contributed by atoms with E-state index >= 15 is 0 Å². The van der Waals surface area contributed by atoms with Crippen LogP contribution in [-0.4, -0.2) is 51.3 Å². The van der Waals surface area contributed by atoms with Gasteiger partial charge in [-0.2, -0.15) is 0 Å². The van der Waals surface area contributed by atoms with E-state index in [0.717, 1.165) is 0 Å². The molecule has 2 nitrogen and oxygen atoms in total. The van der Waals surface area contributed by atoms with Gasteiger partial charge in [-0.15, -0.1) is 0 Å². The maximum absolute atomic E-state index is 8.90. The summed E-state index contributed by atoms with van der Waals surface area (Å²) in [6, 6.07) is 0. The van der Waals surface area contributed by atoms with Gasteiger partial charge in [0.25, 0.3) is 0 Å². The van der Waals surface area contributed by atoms with Crippen molar-refractivity contribution < 1.29 is 8.27 Å². The SMILES string of the molecule is [Mg+2].[O-][GeH]=[S].[O-][GeH]=[S]. The molecule has 0 amide bonds. The molecule has 0 aliphatic carbocycles. The van der Waals surface area contributed by atoms with Crippen LogP contribution in [0.5, 0.6) is 0 Å². The Hall–Kier alpha value is 1.89. The van der Waals surface area contributed by atoms with Gasteiger partial charge in [-0.25, -0.2) is 0 Å². The topological polar surface area (TPSA) is 46.1 Å². The van der Waals surface area contributed by atoms with E-state index in [1.807, 2.05) is 0 Å². The maximum atomic E-state index is 8.90. The zero-order valence-corrected chi connectivity index (χ0v) is 11.4. The second kappa shape index (κ2) is 24.7. The normalized spacial score (nSPS) is 3.43. The third-order valence-corrected chi connectivity index (χ3v) is 0. The third kappa shape index (κ3) is 76.5. The molecule has 0 aromatic carbocycles. The molecule has 0 aliphatic heterocycles. The van der Waals surface area contributed by atoms with Crippen LogP contribution in [0.15, 0.2) is 0 Å². The second-order valence-corrected chi connectivity index (χ2v) is 3.00. The molecule has 0 atom stereocenters. The molecular formula is H2Ge2MgO2S2. The molecule has 0 unspecified atom stereocenters. The third-order valence-electron chi connectivity index (χ3n) is 0. The van der Waals surface area contributed by atoms with Gasteiger partial charge < -0.3 is 0 Å². The fraction of sp³-hybridized carbons (Fsp3) is 0. The van der Waals surface area contributed by atoms with E-state index in [9.17, 15) is 0 Å². The summed E-state index contributed by atoms with van der Waals surface area (Å²) in [5.41, 5.74) is 0. The Balaban J connectivity index is -0.0000000400. The molecular weight excluding hydrogens is 266 g/mol. The van der Waals surface area contributed by atoms with E-state index in [0.29, 0.717) is 0 Å². The Morgan fingerprint density at radius 1 is 1.00 bits per heavy atom. The molecule has 0 aliphatic rings. The molecule has 7 heavy (non-hydrogen) atoms. The summed E-state index contributed by atoms with van der Waals surface area (Å²) < 4.78 is 17.8. The van der Waals surface area contributed by atoms with E-state index in [2.05, 4.69) is 20.9 Å². The van der Waals surface area contributed by atoms with E-state index in [4.69, 9.17) is 8.27 Å². The van der Waals surface area contributed by atoms with Gasteiger partial charge >= 0.3 is 80.5 Å². The van der Waals surface area contributed by atoms with Crippen LogP contribution in [0, 0.1) is 0 Å². The van der Waals surface area contributed by atoms with Crippen molar-refractivity contribution in [2.24, 2.45) is 0 Å². The standard InChI is InChI=1S/2GeHOS.Mg/c2*2-1-3;/h2*1H;/q2*-1;+2. The molecule has 0 aromatic heterocycles. The fourth-order valence-corrected chi connectivity index (χ4v) is 0. The average molecular weight is 268 g/mol. The molecule has 0 heterocycles. The van der Waals surface area contributed by atoms with Crippen LogP contribution < -0.4 is 8.27 Å². The summed E-state index contributed by atoms with van der Waals surface area (Å²) in [5, 5.41) is 0. The van der Waals surface area contributed by atoms with E-state index < -0.39 is 28.2 Å². The van der Waals surface area contributed by atoms with Crippen molar-refractivity contribution in [1.82, 2.24) is 0 Å². The predicted octanol–water partition coefficient (Wildman–Crippen LogP) is -2.76. The first-order valence-electron chi connectivity index (χ1n) is 0.943. The Kier molecular flexibility index (Phi) is 56.4. The molecule has 0 rings (SSSR count). The van der Waals surface area contributed by atoms with Gasteiger partial charge in [0.2, 0.25) is 0 Å². The molecule has 0 radical (unpaired) electrons. The summed E-state index contributed by atoms with van der Waals surface area (Å²) in [6.45, 7) is 0. The minimum atomic E-state index is -1.35. The van der Waals surface area contributed by atoms with Crippen LogP contribution in [-0.2, 0) is 0 Å². The van der Waals surface area contributed by atoms with Gasteiger partial charge in [-0.1, -0.05) is 0 Å². The summed E-state index contributed by atoms with van der Waals surface area (Å²) in [6.07, 6.45) is 0. The molecule has 0 fully saturated rings. The Morgan fingerprint density at radius 2 is 1.00 bits per heavy atom. The van der Waals surface area contributed by atoms with Crippen molar-refractivity contribution in [3.05, 3.63) is 0 Å². The van der Waals surface area contributed by atoms with Crippen molar-refractivity contribution >= 4 is 72.2 Å². The van der Waals surface area contributed by atoms with Gasteiger partial charge in [0.05, 0.1) is 0 Å². The first-order chi connectivity index (χ1) is 2.83. The van der Waals surface area contributed by atoms with E-state index in [1.165, 1.54) is 0 Å². The van der Waals surface area contributed by atoms with Crippen LogP contribution in [0.2, 0.25) is 0 Å². The monoisotopic (exact) mass is 270 g/mol. The zero-order chi connectivity index (χ0) is 5.41. The summed E-state index contributed by atoms with van der Waals surface area (Å²) in [7, 11) is 7.99. The van der Waals surface area contributed by atoms with Crippen LogP contribution in [0.3, 0.4) is 0 Å². The number of hydrogen-bond acceptors (Lipinski definition) is 4. The van der Waals surface area contributed by atoms with Gasteiger partial charge in [0.15, 0.2) is 0 Å². The minimum absolute atomic E-state index is 0. The molecule has 36 valence electrons. The first-order valence-corrected chi connectivity index (χ1v) is 9.80. The van der Waals surface area contributed by atoms with Gasteiger partial charge in [-0.05, 0) is 0 Å². The van der Waals surface area contributed by atoms with Crippen molar-refractivity contribution in [2.75, 3.05) is 0 Å².